The van der Waals surface area contributed by atoms with Crippen molar-refractivity contribution in [2.45, 2.75) is 20.3 Å². The van der Waals surface area contributed by atoms with E-state index in [1.807, 2.05) is 13.8 Å². The summed E-state index contributed by atoms with van der Waals surface area (Å²) in [6.07, 6.45) is 3.81. The number of aromatic nitrogens is 1. The van der Waals surface area contributed by atoms with Crippen molar-refractivity contribution in [2.75, 3.05) is 13.2 Å². The van der Waals surface area contributed by atoms with E-state index >= 15 is 0 Å². The quantitative estimate of drug-likeness (QED) is 0.653. The molecule has 2 rings (SSSR count). The lowest BCUT2D eigenvalue weighted by molar-refractivity contribution is 0.0466. The number of aryl methyl sites for hydroxylation is 2. The van der Waals surface area contributed by atoms with Gasteiger partial charge in [0.15, 0.2) is 0 Å². The molecule has 22 heavy (non-hydrogen) atoms. The number of esters is 1. The van der Waals surface area contributed by atoms with Gasteiger partial charge in [-0.1, -0.05) is 6.92 Å². The largest absolute Gasteiger partial charge is 0.458 e. The second-order valence-corrected chi connectivity index (χ2v) is 4.70. The first kappa shape index (κ1) is 15.8. The van der Waals surface area contributed by atoms with Gasteiger partial charge in [0.2, 0.25) is 5.76 Å². The maximum atomic E-state index is 11.8. The van der Waals surface area contributed by atoms with Crippen LogP contribution in [0, 0.1) is 6.92 Å². The van der Waals surface area contributed by atoms with Crippen molar-refractivity contribution in [1.82, 2.24) is 10.3 Å². The van der Waals surface area contributed by atoms with Gasteiger partial charge in [-0.25, -0.2) is 4.79 Å². The van der Waals surface area contributed by atoms with Crippen LogP contribution >= 0.6 is 0 Å². The summed E-state index contributed by atoms with van der Waals surface area (Å²) in [5.74, 6) is 0.203. The van der Waals surface area contributed by atoms with E-state index in [1.54, 1.807) is 30.6 Å². The minimum Gasteiger partial charge on any atom is -0.458 e. The molecule has 0 aliphatic rings. The highest BCUT2D eigenvalue weighted by Crippen LogP contribution is 2.15. The fourth-order valence-corrected chi connectivity index (χ4v) is 1.96. The van der Waals surface area contributed by atoms with E-state index in [4.69, 9.17) is 9.15 Å². The summed E-state index contributed by atoms with van der Waals surface area (Å²) in [6, 6.07) is 4.88. The second kappa shape index (κ2) is 7.40. The van der Waals surface area contributed by atoms with Crippen molar-refractivity contribution in [3.05, 3.63) is 53.2 Å². The highest BCUT2D eigenvalue weighted by molar-refractivity contribution is 5.94. The zero-order valence-corrected chi connectivity index (χ0v) is 12.6. The number of amides is 1. The van der Waals surface area contributed by atoms with Gasteiger partial charge >= 0.3 is 5.97 Å². The van der Waals surface area contributed by atoms with Crippen LogP contribution in [0.1, 0.15) is 39.2 Å². The Balaban J connectivity index is 1.76. The van der Waals surface area contributed by atoms with Crippen LogP contribution in [0.3, 0.4) is 0 Å². The molecule has 6 heteroatoms. The van der Waals surface area contributed by atoms with Gasteiger partial charge in [0.1, 0.15) is 12.4 Å². The van der Waals surface area contributed by atoms with Crippen molar-refractivity contribution in [3.8, 4) is 0 Å². The molecule has 0 spiro atoms. The van der Waals surface area contributed by atoms with Crippen LogP contribution in [0.25, 0.3) is 0 Å². The first-order valence-electron chi connectivity index (χ1n) is 7.06. The van der Waals surface area contributed by atoms with Crippen LogP contribution in [0.2, 0.25) is 0 Å². The average molecular weight is 302 g/mol. The van der Waals surface area contributed by atoms with Crippen LogP contribution in [-0.2, 0) is 11.2 Å². The van der Waals surface area contributed by atoms with Gasteiger partial charge in [0, 0.05) is 24.4 Å². The van der Waals surface area contributed by atoms with Crippen LogP contribution in [0.5, 0.6) is 0 Å². The Morgan fingerprint density at radius 3 is 2.68 bits per heavy atom. The van der Waals surface area contributed by atoms with Crippen LogP contribution in [-0.4, -0.2) is 30.0 Å². The van der Waals surface area contributed by atoms with Gasteiger partial charge in [-0.3, -0.25) is 9.78 Å². The van der Waals surface area contributed by atoms with E-state index in [0.717, 1.165) is 17.7 Å². The Kier molecular flexibility index (Phi) is 5.30. The van der Waals surface area contributed by atoms with Crippen molar-refractivity contribution in [3.63, 3.8) is 0 Å². The smallest absolute Gasteiger partial charge is 0.374 e. The lowest BCUT2D eigenvalue weighted by Gasteiger charge is -2.05. The van der Waals surface area contributed by atoms with E-state index in [1.165, 1.54) is 0 Å². The van der Waals surface area contributed by atoms with Gasteiger partial charge in [0.05, 0.1) is 6.54 Å². The van der Waals surface area contributed by atoms with Gasteiger partial charge in [-0.05, 0) is 30.7 Å². The Labute approximate surface area is 128 Å². The number of pyridine rings is 1. The molecular formula is C16H18N2O4. The SMILES string of the molecule is CCc1oc(C(=O)OCCNC(=O)c2ccncc2)cc1C. The molecule has 1 amide bonds. The Morgan fingerprint density at radius 1 is 1.32 bits per heavy atom. The number of nitrogens with zero attached hydrogens (tertiary/aromatic N) is 1. The molecule has 1 N–H and O–H groups in total. The molecule has 2 heterocycles. The van der Waals surface area contributed by atoms with Crippen molar-refractivity contribution < 1.29 is 18.7 Å². The molecule has 0 aliphatic carbocycles. The fourth-order valence-electron chi connectivity index (χ4n) is 1.96. The summed E-state index contributed by atoms with van der Waals surface area (Å²) in [5.41, 5.74) is 1.44. The van der Waals surface area contributed by atoms with Gasteiger partial charge in [0.25, 0.3) is 5.91 Å². The lowest BCUT2D eigenvalue weighted by atomic mass is 10.2. The number of ether oxygens (including phenoxy) is 1. The molecule has 0 radical (unpaired) electrons. The van der Waals surface area contributed by atoms with Crippen molar-refractivity contribution >= 4 is 11.9 Å². The van der Waals surface area contributed by atoms with E-state index in [-0.39, 0.29) is 24.8 Å². The normalized spacial score (nSPS) is 10.3. The Bertz CT molecular complexity index is 649. The number of nitrogens with one attached hydrogen (secondary N) is 1. The lowest BCUT2D eigenvalue weighted by Crippen LogP contribution is -2.28. The molecule has 0 unspecified atom stereocenters. The number of carbonyl (C=O) groups excluding carboxylic acids is 2. The number of hydrogen-bond donors (Lipinski definition) is 1. The topological polar surface area (TPSA) is 81.4 Å². The van der Waals surface area contributed by atoms with Gasteiger partial charge < -0.3 is 14.5 Å². The van der Waals surface area contributed by atoms with Crippen LogP contribution < -0.4 is 5.32 Å². The first-order valence-corrected chi connectivity index (χ1v) is 7.06. The van der Waals surface area contributed by atoms with E-state index < -0.39 is 5.97 Å². The minimum absolute atomic E-state index is 0.0802. The zero-order chi connectivity index (χ0) is 15.9. The monoisotopic (exact) mass is 302 g/mol. The molecule has 0 saturated heterocycles. The molecule has 0 saturated carbocycles. The second-order valence-electron chi connectivity index (χ2n) is 4.70. The van der Waals surface area contributed by atoms with Crippen LogP contribution in [0.4, 0.5) is 0 Å². The van der Waals surface area contributed by atoms with Crippen LogP contribution in [0.15, 0.2) is 35.0 Å². The number of rotatable bonds is 6. The Hall–Kier alpha value is -2.63. The predicted octanol–water partition coefficient (Wildman–Crippen LogP) is 2.13. The molecule has 116 valence electrons. The Morgan fingerprint density at radius 2 is 2.05 bits per heavy atom. The number of hydrogen-bond acceptors (Lipinski definition) is 5. The summed E-state index contributed by atoms with van der Waals surface area (Å²) in [5, 5.41) is 2.66. The third kappa shape index (κ3) is 3.94. The molecule has 6 nitrogen and oxygen atoms in total. The zero-order valence-electron chi connectivity index (χ0n) is 12.6. The summed E-state index contributed by atoms with van der Waals surface area (Å²) in [4.78, 5) is 27.4. The third-order valence-electron chi connectivity index (χ3n) is 3.11. The summed E-state index contributed by atoms with van der Waals surface area (Å²) >= 11 is 0. The molecule has 2 aromatic rings. The van der Waals surface area contributed by atoms with E-state index in [2.05, 4.69) is 10.3 Å². The molecule has 0 fully saturated rings. The van der Waals surface area contributed by atoms with Gasteiger partial charge in [-0.15, -0.1) is 0 Å². The number of carbonyl (C=O) groups is 2. The maximum Gasteiger partial charge on any atom is 0.374 e. The summed E-state index contributed by atoms with van der Waals surface area (Å²) < 4.78 is 10.5. The highest BCUT2D eigenvalue weighted by atomic mass is 16.5. The molecular weight excluding hydrogens is 284 g/mol. The molecule has 2 aromatic heterocycles. The van der Waals surface area contributed by atoms with E-state index in [9.17, 15) is 9.59 Å². The predicted molar refractivity (Wildman–Crippen MR) is 79.7 cm³/mol. The minimum atomic E-state index is -0.527. The average Bonchev–Trinajstić information content (AvgIpc) is 2.93. The number of furan rings is 1. The summed E-state index contributed by atoms with van der Waals surface area (Å²) in [6.45, 7) is 4.15. The van der Waals surface area contributed by atoms with E-state index in [0.29, 0.717) is 5.56 Å². The molecule has 0 atom stereocenters. The first-order chi connectivity index (χ1) is 10.6. The summed E-state index contributed by atoms with van der Waals surface area (Å²) in [7, 11) is 0. The fraction of sp³-hybridized carbons (Fsp3) is 0.312. The van der Waals surface area contributed by atoms with Crippen molar-refractivity contribution in [2.24, 2.45) is 0 Å². The molecule has 0 aliphatic heterocycles. The van der Waals surface area contributed by atoms with Crippen molar-refractivity contribution in [1.29, 1.82) is 0 Å². The molecule has 0 aromatic carbocycles. The maximum absolute atomic E-state index is 11.8. The molecule has 0 bridgehead atoms. The third-order valence-corrected chi connectivity index (χ3v) is 3.11. The standard InChI is InChI=1S/C16H18N2O4/c1-3-13-11(2)10-14(22-13)16(20)21-9-8-18-15(19)12-4-6-17-7-5-12/h4-7,10H,3,8-9H2,1-2H3,(H,18,19). The van der Waals surface area contributed by atoms with Gasteiger partial charge in [-0.2, -0.15) is 0 Å². The highest BCUT2D eigenvalue weighted by Gasteiger charge is 2.15.